The molecule has 1 amide bonds. The Morgan fingerprint density at radius 2 is 1.41 bits per heavy atom. The maximum Gasteiger partial charge on any atom is 0.217 e. The van der Waals surface area contributed by atoms with Gasteiger partial charge in [-0.1, -0.05) is 39.0 Å². The Balaban J connectivity index is 2.12. The van der Waals surface area contributed by atoms with Crippen LogP contribution in [0.2, 0.25) is 0 Å². The summed E-state index contributed by atoms with van der Waals surface area (Å²) in [5, 5.41) is 62.9. The largest absolute Gasteiger partial charge is 0.394 e. The van der Waals surface area contributed by atoms with Crippen molar-refractivity contribution in [2.75, 3.05) is 19.8 Å². The predicted octanol–water partition coefficient (Wildman–Crippen LogP) is -1.87. The van der Waals surface area contributed by atoms with Crippen LogP contribution in [0.4, 0.5) is 0 Å². The maximum atomic E-state index is 11.9. The molecule has 34 heavy (non-hydrogen) atoms. The molecule has 200 valence electrons. The van der Waals surface area contributed by atoms with Crippen molar-refractivity contribution in [1.82, 2.24) is 5.32 Å². The SMILES string of the molecule is CCCCCCCCO[C@@H]1O[C@H](CO)[C@H](O)[C@H](O[C@@H]2O[C@H](CO)[C@H](O)[C@H](O)[C@H]2O)[C@H]1NC(C)=O. The highest BCUT2D eigenvalue weighted by Crippen LogP contribution is 2.29. The monoisotopic (exact) mass is 495 g/mol. The minimum atomic E-state index is -1.71. The van der Waals surface area contributed by atoms with Gasteiger partial charge >= 0.3 is 0 Å². The molecular weight excluding hydrogens is 454 g/mol. The lowest BCUT2D eigenvalue weighted by Gasteiger charge is -2.47. The summed E-state index contributed by atoms with van der Waals surface area (Å²) in [4.78, 5) is 11.9. The third kappa shape index (κ3) is 7.79. The van der Waals surface area contributed by atoms with E-state index in [0.717, 1.165) is 32.1 Å². The second kappa shape index (κ2) is 14.6. The molecule has 12 heteroatoms. The van der Waals surface area contributed by atoms with Crippen LogP contribution in [0, 0.1) is 0 Å². The number of unbranched alkanes of at least 4 members (excludes halogenated alkanes) is 5. The van der Waals surface area contributed by atoms with Crippen LogP contribution in [0.3, 0.4) is 0 Å². The van der Waals surface area contributed by atoms with Crippen molar-refractivity contribution in [2.24, 2.45) is 0 Å². The summed E-state index contributed by atoms with van der Waals surface area (Å²) in [6.45, 7) is 2.49. The number of aliphatic hydroxyl groups is 6. The molecule has 2 aliphatic heterocycles. The third-order valence-corrected chi connectivity index (χ3v) is 6.14. The Morgan fingerprint density at radius 3 is 2.03 bits per heavy atom. The van der Waals surface area contributed by atoms with E-state index in [1.165, 1.54) is 13.3 Å². The molecule has 12 nitrogen and oxygen atoms in total. The molecule has 2 fully saturated rings. The van der Waals surface area contributed by atoms with E-state index in [4.69, 9.17) is 18.9 Å². The molecule has 0 saturated carbocycles. The average molecular weight is 496 g/mol. The van der Waals surface area contributed by atoms with Gasteiger partial charge in [0.1, 0.15) is 48.8 Å². The molecule has 0 spiro atoms. The molecule has 0 aromatic heterocycles. The predicted molar refractivity (Wildman–Crippen MR) is 117 cm³/mol. The molecule has 2 heterocycles. The van der Waals surface area contributed by atoms with Gasteiger partial charge in [-0.25, -0.2) is 0 Å². The van der Waals surface area contributed by atoms with E-state index < -0.39 is 80.5 Å². The average Bonchev–Trinajstić information content (AvgIpc) is 2.81. The molecule has 0 radical (unpaired) electrons. The zero-order valence-electron chi connectivity index (χ0n) is 19.9. The van der Waals surface area contributed by atoms with Crippen LogP contribution in [0.15, 0.2) is 0 Å². The topological polar surface area (TPSA) is 187 Å². The van der Waals surface area contributed by atoms with E-state index in [2.05, 4.69) is 12.2 Å². The van der Waals surface area contributed by atoms with Gasteiger partial charge in [-0.2, -0.15) is 0 Å². The van der Waals surface area contributed by atoms with Crippen molar-refractivity contribution in [3.8, 4) is 0 Å². The van der Waals surface area contributed by atoms with Crippen molar-refractivity contribution < 1.29 is 54.4 Å². The van der Waals surface area contributed by atoms with Crippen molar-refractivity contribution >= 4 is 5.91 Å². The number of rotatable bonds is 13. The summed E-state index contributed by atoms with van der Waals surface area (Å²) in [5.74, 6) is -0.459. The number of hydrogen-bond acceptors (Lipinski definition) is 11. The minimum absolute atomic E-state index is 0.313. The molecule has 0 aliphatic carbocycles. The van der Waals surface area contributed by atoms with Crippen molar-refractivity contribution in [3.63, 3.8) is 0 Å². The Labute approximate surface area is 199 Å². The fourth-order valence-corrected chi connectivity index (χ4v) is 4.18. The molecule has 2 rings (SSSR count). The van der Waals surface area contributed by atoms with Gasteiger partial charge < -0.3 is 54.9 Å². The Kier molecular flexibility index (Phi) is 12.6. The van der Waals surface area contributed by atoms with E-state index in [1.807, 2.05) is 0 Å². The molecule has 0 unspecified atom stereocenters. The summed E-state index contributed by atoms with van der Waals surface area (Å²) in [6, 6.07) is -1.04. The highest BCUT2D eigenvalue weighted by molar-refractivity contribution is 5.73. The number of ether oxygens (including phenoxy) is 4. The van der Waals surface area contributed by atoms with Crippen molar-refractivity contribution in [2.45, 2.75) is 114 Å². The molecule has 10 atom stereocenters. The lowest BCUT2D eigenvalue weighted by Crippen LogP contribution is -2.68. The molecule has 2 aliphatic rings. The van der Waals surface area contributed by atoms with Gasteiger partial charge in [-0.05, 0) is 6.42 Å². The fraction of sp³-hybridized carbons (Fsp3) is 0.955. The van der Waals surface area contributed by atoms with Crippen LogP contribution in [-0.4, -0.2) is 118 Å². The summed E-state index contributed by atoms with van der Waals surface area (Å²) >= 11 is 0. The quantitative estimate of drug-likeness (QED) is 0.142. The van der Waals surface area contributed by atoms with Crippen LogP contribution in [0.25, 0.3) is 0 Å². The van der Waals surface area contributed by atoms with Gasteiger partial charge in [0.2, 0.25) is 5.91 Å². The van der Waals surface area contributed by atoms with Gasteiger partial charge in [0.05, 0.1) is 13.2 Å². The van der Waals surface area contributed by atoms with Crippen LogP contribution in [-0.2, 0) is 23.7 Å². The van der Waals surface area contributed by atoms with Gasteiger partial charge in [-0.3, -0.25) is 4.79 Å². The first-order valence-electron chi connectivity index (χ1n) is 12.0. The first-order valence-corrected chi connectivity index (χ1v) is 12.0. The normalized spacial score (nSPS) is 38.6. The molecule has 7 N–H and O–H groups in total. The van der Waals surface area contributed by atoms with Crippen LogP contribution < -0.4 is 5.32 Å². The summed E-state index contributed by atoms with van der Waals surface area (Å²) in [6.07, 6.45) is -6.43. The lowest BCUT2D eigenvalue weighted by molar-refractivity contribution is -0.344. The second-order valence-electron chi connectivity index (χ2n) is 8.88. The van der Waals surface area contributed by atoms with Crippen LogP contribution in [0.5, 0.6) is 0 Å². The number of aliphatic hydroxyl groups excluding tert-OH is 6. The maximum absolute atomic E-state index is 11.9. The van der Waals surface area contributed by atoms with Gasteiger partial charge in [0, 0.05) is 13.5 Å². The number of carbonyl (C=O) groups is 1. The van der Waals surface area contributed by atoms with Crippen LogP contribution >= 0.6 is 0 Å². The molecule has 0 aromatic rings. The zero-order chi connectivity index (χ0) is 25.3. The zero-order valence-corrected chi connectivity index (χ0v) is 19.9. The number of carbonyl (C=O) groups excluding carboxylic acids is 1. The van der Waals surface area contributed by atoms with E-state index in [9.17, 15) is 35.4 Å². The summed E-state index contributed by atoms with van der Waals surface area (Å²) in [5.41, 5.74) is 0. The lowest BCUT2D eigenvalue weighted by atomic mass is 9.95. The first-order chi connectivity index (χ1) is 16.2. The number of nitrogens with one attached hydrogen (secondary N) is 1. The number of hydrogen-bond donors (Lipinski definition) is 7. The Bertz CT molecular complexity index is 595. The smallest absolute Gasteiger partial charge is 0.217 e. The summed E-state index contributed by atoms with van der Waals surface area (Å²) in [7, 11) is 0. The van der Waals surface area contributed by atoms with Crippen molar-refractivity contribution in [1.29, 1.82) is 0 Å². The second-order valence-corrected chi connectivity index (χ2v) is 8.88. The fourth-order valence-electron chi connectivity index (χ4n) is 4.18. The van der Waals surface area contributed by atoms with Gasteiger partial charge in [-0.15, -0.1) is 0 Å². The number of amides is 1. The standard InChI is InChI=1S/C22H41NO11/c1-3-4-5-6-7-8-9-31-21-15(23-12(2)26)20(17(28)14(11-25)32-21)34-22-19(30)18(29)16(27)13(10-24)33-22/h13-22,24-25,27-30H,3-11H2,1-2H3,(H,23,26)/t13-,14-,15-,16+,17+,18+,19-,20-,21-,22+/m1/s1. The molecule has 2 saturated heterocycles. The summed E-state index contributed by atoms with van der Waals surface area (Å²) < 4.78 is 22.7. The minimum Gasteiger partial charge on any atom is -0.394 e. The highest BCUT2D eigenvalue weighted by Gasteiger charge is 2.51. The van der Waals surface area contributed by atoms with Crippen LogP contribution in [0.1, 0.15) is 52.4 Å². The first kappa shape index (κ1) is 29.3. The molecule has 0 aromatic carbocycles. The van der Waals surface area contributed by atoms with Crippen molar-refractivity contribution in [3.05, 3.63) is 0 Å². The third-order valence-electron chi connectivity index (χ3n) is 6.14. The van der Waals surface area contributed by atoms with Gasteiger partial charge in [0.25, 0.3) is 0 Å². The van der Waals surface area contributed by atoms with E-state index in [0.29, 0.717) is 6.61 Å². The van der Waals surface area contributed by atoms with E-state index in [1.54, 1.807) is 0 Å². The Hall–Kier alpha value is -0.930. The highest BCUT2D eigenvalue weighted by atomic mass is 16.7. The van der Waals surface area contributed by atoms with Gasteiger partial charge in [0.15, 0.2) is 12.6 Å². The van der Waals surface area contributed by atoms with E-state index in [-0.39, 0.29) is 0 Å². The van der Waals surface area contributed by atoms with E-state index >= 15 is 0 Å². The Morgan fingerprint density at radius 1 is 0.824 bits per heavy atom. The molecule has 0 bridgehead atoms. The molecular formula is C22H41NO11.